The first-order valence-corrected chi connectivity index (χ1v) is 6.02. The van der Waals surface area contributed by atoms with Gasteiger partial charge in [0.25, 0.3) is 0 Å². The quantitative estimate of drug-likeness (QED) is 0.750. The molecule has 3 heteroatoms. The van der Waals surface area contributed by atoms with E-state index in [2.05, 4.69) is 24.2 Å². The zero-order valence-corrected chi connectivity index (χ0v) is 10.4. The summed E-state index contributed by atoms with van der Waals surface area (Å²) in [5.74, 6) is 1.02. The summed E-state index contributed by atoms with van der Waals surface area (Å²) in [6, 6.07) is 0.0694. The van der Waals surface area contributed by atoms with Crippen LogP contribution in [-0.4, -0.2) is 43.4 Å². The number of hydrogen-bond donors (Lipinski definition) is 1. The highest BCUT2D eigenvalue weighted by molar-refractivity contribution is 5.86. The minimum Gasteiger partial charge on any atom is -0.307 e. The molecule has 15 heavy (non-hydrogen) atoms. The Labute approximate surface area is 94.7 Å². The molecule has 2 unspecified atom stereocenters. The predicted octanol–water partition coefficient (Wildman–Crippen LogP) is 1.39. The number of nitrogens with one attached hydrogen (secondary N) is 1. The maximum absolute atomic E-state index is 12.0. The first kappa shape index (κ1) is 12.7. The van der Waals surface area contributed by atoms with Crippen molar-refractivity contribution < 1.29 is 6.22 Å². The normalized spacial score (nSPS) is 24.7. The van der Waals surface area contributed by atoms with Gasteiger partial charge in [0.15, 0.2) is 5.78 Å². The van der Waals surface area contributed by atoms with Gasteiger partial charge in [0.1, 0.15) is 0 Å². The highest BCUT2D eigenvalue weighted by atomic mass is 16.1. The Bertz CT molecular complexity index is 221. The van der Waals surface area contributed by atoms with E-state index in [1.165, 1.54) is 0 Å². The zero-order chi connectivity index (χ0) is 11.4. The number of carbonyl (C=O) groups excluding carboxylic acids is 1. The largest absolute Gasteiger partial charge is 0.307 e. The van der Waals surface area contributed by atoms with Gasteiger partial charge in [-0.1, -0.05) is 20.8 Å². The van der Waals surface area contributed by atoms with Crippen LogP contribution in [0.25, 0.3) is 0 Å². The molecule has 1 N–H and O–H groups in total. The molecular weight excluding hydrogens is 188 g/mol. The van der Waals surface area contributed by atoms with E-state index in [1.807, 2.05) is 13.8 Å². The third kappa shape index (κ3) is 3.28. The van der Waals surface area contributed by atoms with E-state index in [0.717, 1.165) is 26.1 Å². The Morgan fingerprint density at radius 2 is 2.27 bits per heavy atom. The Balaban J connectivity index is 0.00000225. The van der Waals surface area contributed by atoms with Gasteiger partial charge >= 0.3 is 0 Å². The van der Waals surface area contributed by atoms with Gasteiger partial charge in [-0.25, -0.2) is 0 Å². The van der Waals surface area contributed by atoms with Crippen LogP contribution in [0.3, 0.4) is 0 Å². The molecule has 0 aromatic carbocycles. The molecule has 1 rings (SSSR count). The van der Waals surface area contributed by atoms with Crippen molar-refractivity contribution in [2.45, 2.75) is 33.2 Å². The molecule has 1 fully saturated rings. The smallest absolute Gasteiger partial charge is 0.152 e. The fourth-order valence-electron chi connectivity index (χ4n) is 2.32. The van der Waals surface area contributed by atoms with Crippen LogP contribution in [0.2, 0.25) is 0 Å². The fourth-order valence-corrected chi connectivity index (χ4v) is 2.32. The molecule has 0 aromatic rings. The van der Waals surface area contributed by atoms with E-state index in [-0.39, 0.29) is 13.4 Å². The third-order valence-electron chi connectivity index (χ3n) is 3.20. The first-order valence-electron chi connectivity index (χ1n) is 6.02. The molecule has 0 bridgehead atoms. The molecule has 1 heterocycles. The van der Waals surface area contributed by atoms with Gasteiger partial charge in [-0.2, -0.15) is 0 Å². The van der Waals surface area contributed by atoms with Gasteiger partial charge in [0, 0.05) is 13.9 Å². The van der Waals surface area contributed by atoms with Crippen LogP contribution >= 0.6 is 0 Å². The number of ketones is 1. The molecule has 1 saturated heterocycles. The van der Waals surface area contributed by atoms with Gasteiger partial charge < -0.3 is 10.2 Å². The van der Waals surface area contributed by atoms with E-state index in [9.17, 15) is 4.79 Å². The molecular formula is C12H26N2O. The lowest BCUT2D eigenvalue weighted by molar-refractivity contribution is -0.125. The monoisotopic (exact) mass is 214 g/mol. The Morgan fingerprint density at radius 3 is 2.67 bits per heavy atom. The van der Waals surface area contributed by atoms with Crippen molar-refractivity contribution >= 4 is 5.78 Å². The molecule has 2 atom stereocenters. The first-order chi connectivity index (χ1) is 7.06. The number of rotatable bonds is 5. The van der Waals surface area contributed by atoms with Crippen LogP contribution in [0.1, 0.15) is 28.6 Å². The van der Waals surface area contributed by atoms with Crippen LogP contribution in [-0.2, 0) is 4.79 Å². The summed E-state index contributed by atoms with van der Waals surface area (Å²) in [7, 11) is 2.13. The summed E-state index contributed by atoms with van der Waals surface area (Å²) in [4.78, 5) is 14.4. The Hall–Kier alpha value is -0.410. The Kier molecular flexibility index (Phi) is 4.74. The maximum Gasteiger partial charge on any atom is 0.152 e. The number of Topliss-reactive ketones (excluding diaryl/α,β-unsaturated/α-hetero) is 1. The molecule has 3 nitrogen and oxygen atoms in total. The lowest BCUT2D eigenvalue weighted by Gasteiger charge is -2.24. The van der Waals surface area contributed by atoms with E-state index in [1.54, 1.807) is 0 Å². The highest BCUT2D eigenvalue weighted by Gasteiger charge is 2.32. The van der Waals surface area contributed by atoms with Crippen LogP contribution in [0, 0.1) is 11.8 Å². The number of likely N-dealkylation sites (N-methyl/N-ethyl adjacent to an activating group) is 1. The number of nitrogens with zero attached hydrogens (tertiary/aromatic N) is 1. The lowest BCUT2D eigenvalue weighted by atomic mass is 9.90. The summed E-state index contributed by atoms with van der Waals surface area (Å²) >= 11 is 0. The van der Waals surface area contributed by atoms with Crippen molar-refractivity contribution in [3.8, 4) is 0 Å². The summed E-state index contributed by atoms with van der Waals surface area (Å²) in [5, 5.41) is 3.35. The molecule has 0 saturated carbocycles. The molecule has 1 aliphatic rings. The van der Waals surface area contributed by atoms with Crippen molar-refractivity contribution in [1.82, 2.24) is 10.2 Å². The van der Waals surface area contributed by atoms with E-state index < -0.39 is 0 Å². The maximum atomic E-state index is 12.0. The topological polar surface area (TPSA) is 32.3 Å². The van der Waals surface area contributed by atoms with Crippen molar-refractivity contribution in [2.75, 3.05) is 26.7 Å². The zero-order valence-electron chi connectivity index (χ0n) is 10.4. The van der Waals surface area contributed by atoms with Crippen LogP contribution in [0.15, 0.2) is 0 Å². The minimum absolute atomic E-state index is 0. The summed E-state index contributed by atoms with van der Waals surface area (Å²) in [5.41, 5.74) is 0. The van der Waals surface area contributed by atoms with Crippen molar-refractivity contribution in [3.63, 3.8) is 0 Å². The van der Waals surface area contributed by atoms with E-state index in [0.29, 0.717) is 11.7 Å². The van der Waals surface area contributed by atoms with Crippen molar-refractivity contribution in [3.05, 3.63) is 0 Å². The highest BCUT2D eigenvalue weighted by Crippen LogP contribution is 2.20. The molecule has 1 aliphatic heterocycles. The minimum atomic E-state index is 0. The van der Waals surface area contributed by atoms with Gasteiger partial charge in [-0.05, 0) is 32.5 Å². The molecule has 0 radical (unpaired) electrons. The second-order valence-electron chi connectivity index (χ2n) is 4.90. The van der Waals surface area contributed by atoms with Crippen molar-refractivity contribution in [2.24, 2.45) is 11.8 Å². The summed E-state index contributed by atoms with van der Waals surface area (Å²) in [6.07, 6.45) is 1.15. The molecule has 90 valence electrons. The third-order valence-corrected chi connectivity index (χ3v) is 3.20. The van der Waals surface area contributed by atoms with Gasteiger partial charge in [0.2, 0.25) is 0 Å². The van der Waals surface area contributed by atoms with Gasteiger partial charge in [-0.3, -0.25) is 4.79 Å². The average Bonchev–Trinajstić information content (AvgIpc) is 2.60. The standard InChI is InChI=1S/C12H24N2O.H2/c1-5-13-11(12(15)9(2)3)10-6-7-14(4)8-10;/h9-11,13H,5-8H2,1-4H3;1H. The Morgan fingerprint density at radius 1 is 1.60 bits per heavy atom. The van der Waals surface area contributed by atoms with Crippen LogP contribution in [0.4, 0.5) is 0 Å². The SMILES string of the molecule is CCNC(C(=O)C(C)C)C1CCN(C)C1.[HH]. The van der Waals surface area contributed by atoms with Crippen LogP contribution < -0.4 is 5.32 Å². The lowest BCUT2D eigenvalue weighted by Crippen LogP contribution is -2.45. The van der Waals surface area contributed by atoms with Gasteiger partial charge in [0.05, 0.1) is 6.04 Å². The van der Waals surface area contributed by atoms with Crippen molar-refractivity contribution in [1.29, 1.82) is 0 Å². The number of hydrogen-bond acceptors (Lipinski definition) is 3. The van der Waals surface area contributed by atoms with Crippen LogP contribution in [0.5, 0.6) is 0 Å². The summed E-state index contributed by atoms with van der Waals surface area (Å²) < 4.78 is 0. The molecule has 0 aliphatic carbocycles. The predicted molar refractivity (Wildman–Crippen MR) is 65.0 cm³/mol. The van der Waals surface area contributed by atoms with Gasteiger partial charge in [-0.15, -0.1) is 0 Å². The molecule has 0 amide bonds. The molecule has 0 spiro atoms. The second kappa shape index (κ2) is 5.61. The molecule has 0 aromatic heterocycles. The number of likely N-dealkylation sites (tertiary alicyclic amines) is 1. The number of carbonyl (C=O) groups is 1. The second-order valence-corrected chi connectivity index (χ2v) is 4.90. The average molecular weight is 214 g/mol. The fraction of sp³-hybridized carbons (Fsp3) is 0.917. The van der Waals surface area contributed by atoms with E-state index >= 15 is 0 Å². The van der Waals surface area contributed by atoms with E-state index in [4.69, 9.17) is 0 Å². The summed E-state index contributed by atoms with van der Waals surface area (Å²) in [6.45, 7) is 9.10.